The Morgan fingerprint density at radius 1 is 0.610 bits per heavy atom. The van der Waals surface area contributed by atoms with E-state index in [9.17, 15) is 0 Å². The lowest BCUT2D eigenvalue weighted by Crippen LogP contribution is -2.41. The average molecular weight is 552 g/mol. The SMILES string of the molecule is CC1(C)OB(c2cc(-c3ccc4c(c3)c3ccccc3n4-c3ccccc3)c3sc4ccccc4c3c2)OC1(C)C. The highest BCUT2D eigenvalue weighted by atomic mass is 32.1. The molecule has 3 nitrogen and oxygen atoms in total. The molecule has 1 aliphatic rings. The van der Waals surface area contributed by atoms with E-state index >= 15 is 0 Å². The third-order valence-electron chi connectivity index (χ3n) is 9.02. The van der Waals surface area contributed by atoms with Crippen LogP contribution in [-0.4, -0.2) is 22.9 Å². The molecule has 0 radical (unpaired) electrons. The number of benzene rings is 5. The maximum absolute atomic E-state index is 6.54. The summed E-state index contributed by atoms with van der Waals surface area (Å²) < 4.78 is 18.0. The lowest BCUT2D eigenvalue weighted by atomic mass is 9.77. The van der Waals surface area contributed by atoms with E-state index < -0.39 is 18.3 Å². The Labute approximate surface area is 244 Å². The fraction of sp³-hybridized carbons (Fsp3) is 0.167. The number of rotatable bonds is 3. The van der Waals surface area contributed by atoms with Crippen LogP contribution in [-0.2, 0) is 9.31 Å². The molecule has 2 aromatic heterocycles. The molecule has 0 atom stereocenters. The van der Waals surface area contributed by atoms with Crippen molar-refractivity contribution in [3.8, 4) is 16.8 Å². The molecule has 5 aromatic carbocycles. The summed E-state index contributed by atoms with van der Waals surface area (Å²) >= 11 is 1.86. The number of hydrogen-bond donors (Lipinski definition) is 0. The largest absolute Gasteiger partial charge is 0.494 e. The van der Waals surface area contributed by atoms with Crippen molar-refractivity contribution in [1.29, 1.82) is 0 Å². The number of aromatic nitrogens is 1. The van der Waals surface area contributed by atoms with E-state index in [0.29, 0.717) is 0 Å². The number of fused-ring (bicyclic) bond motifs is 6. The molecule has 0 amide bonds. The van der Waals surface area contributed by atoms with E-state index in [0.717, 1.165) is 5.46 Å². The molecule has 200 valence electrons. The van der Waals surface area contributed by atoms with E-state index in [1.165, 1.54) is 58.8 Å². The van der Waals surface area contributed by atoms with Crippen molar-refractivity contribution in [2.24, 2.45) is 0 Å². The first-order chi connectivity index (χ1) is 19.8. The summed E-state index contributed by atoms with van der Waals surface area (Å²) in [6.45, 7) is 8.46. The second-order valence-corrected chi connectivity index (χ2v) is 13.1. The van der Waals surface area contributed by atoms with Crippen molar-refractivity contribution in [2.45, 2.75) is 38.9 Å². The fourth-order valence-electron chi connectivity index (χ4n) is 6.17. The van der Waals surface area contributed by atoms with Gasteiger partial charge in [-0.15, -0.1) is 11.3 Å². The van der Waals surface area contributed by atoms with Crippen molar-refractivity contribution in [3.05, 3.63) is 109 Å². The van der Waals surface area contributed by atoms with Crippen LogP contribution in [0.4, 0.5) is 0 Å². The van der Waals surface area contributed by atoms with E-state index in [4.69, 9.17) is 9.31 Å². The first-order valence-electron chi connectivity index (χ1n) is 14.2. The molecule has 0 spiro atoms. The zero-order chi connectivity index (χ0) is 27.9. The monoisotopic (exact) mass is 551 g/mol. The smallest absolute Gasteiger partial charge is 0.399 e. The molecule has 41 heavy (non-hydrogen) atoms. The lowest BCUT2D eigenvalue weighted by Gasteiger charge is -2.32. The van der Waals surface area contributed by atoms with Gasteiger partial charge in [-0.1, -0.05) is 72.8 Å². The highest BCUT2D eigenvalue weighted by Crippen LogP contribution is 2.43. The number of thiophene rings is 1. The maximum Gasteiger partial charge on any atom is 0.494 e. The number of para-hydroxylation sites is 2. The summed E-state index contributed by atoms with van der Waals surface area (Å²) in [6.07, 6.45) is 0. The van der Waals surface area contributed by atoms with Gasteiger partial charge < -0.3 is 13.9 Å². The van der Waals surface area contributed by atoms with Crippen LogP contribution in [0, 0.1) is 0 Å². The summed E-state index contributed by atoms with van der Waals surface area (Å²) in [5, 5.41) is 5.02. The summed E-state index contributed by atoms with van der Waals surface area (Å²) in [5.74, 6) is 0. The molecule has 0 aliphatic carbocycles. The highest BCUT2D eigenvalue weighted by Gasteiger charge is 2.51. The molecule has 8 rings (SSSR count). The average Bonchev–Trinajstić information content (AvgIpc) is 3.59. The predicted octanol–water partition coefficient (Wildman–Crippen LogP) is 9.12. The molecule has 5 heteroatoms. The first kappa shape index (κ1) is 24.9. The van der Waals surface area contributed by atoms with Gasteiger partial charge in [-0.3, -0.25) is 0 Å². The molecule has 7 aromatic rings. The van der Waals surface area contributed by atoms with E-state index in [1.54, 1.807) is 0 Å². The Morgan fingerprint density at radius 2 is 1.27 bits per heavy atom. The first-order valence-corrected chi connectivity index (χ1v) is 15.0. The van der Waals surface area contributed by atoms with Crippen LogP contribution >= 0.6 is 11.3 Å². The Bertz CT molecular complexity index is 2110. The molecular formula is C36H30BNO2S. The van der Waals surface area contributed by atoms with Gasteiger partial charge in [0.25, 0.3) is 0 Å². The standard InChI is InChI=1S/C36H30BNO2S/c1-35(2)36(3,4)40-37(39-35)24-21-28(34-30(22-24)27-15-9-11-17-33(27)41-34)23-18-19-32-29(20-23)26-14-8-10-16-31(26)38(32)25-12-6-5-7-13-25/h5-22H,1-4H3. The van der Waals surface area contributed by atoms with Crippen molar-refractivity contribution in [2.75, 3.05) is 0 Å². The highest BCUT2D eigenvalue weighted by molar-refractivity contribution is 7.26. The van der Waals surface area contributed by atoms with Crippen molar-refractivity contribution in [3.63, 3.8) is 0 Å². The summed E-state index contributed by atoms with van der Waals surface area (Å²) in [5.41, 5.74) is 6.25. The van der Waals surface area contributed by atoms with Crippen LogP contribution in [0.15, 0.2) is 109 Å². The molecule has 1 fully saturated rings. The predicted molar refractivity (Wildman–Crippen MR) is 175 cm³/mol. The minimum Gasteiger partial charge on any atom is -0.399 e. The molecule has 0 unspecified atom stereocenters. The topological polar surface area (TPSA) is 23.4 Å². The summed E-state index contributed by atoms with van der Waals surface area (Å²) in [4.78, 5) is 0. The van der Waals surface area contributed by atoms with E-state index in [2.05, 4.69) is 141 Å². The van der Waals surface area contributed by atoms with Crippen LogP contribution in [0.2, 0.25) is 0 Å². The summed E-state index contributed by atoms with van der Waals surface area (Å²) in [7, 11) is -0.425. The quantitative estimate of drug-likeness (QED) is 0.205. The molecule has 0 bridgehead atoms. The third-order valence-corrected chi connectivity index (χ3v) is 10.2. The van der Waals surface area contributed by atoms with E-state index in [-0.39, 0.29) is 0 Å². The van der Waals surface area contributed by atoms with Crippen molar-refractivity contribution in [1.82, 2.24) is 4.57 Å². The number of hydrogen-bond acceptors (Lipinski definition) is 3. The van der Waals surface area contributed by atoms with Crippen LogP contribution in [0.25, 0.3) is 58.8 Å². The Kier molecular flexibility index (Phi) is 5.34. The van der Waals surface area contributed by atoms with Crippen molar-refractivity contribution < 1.29 is 9.31 Å². The van der Waals surface area contributed by atoms with Gasteiger partial charge in [-0.25, -0.2) is 0 Å². The number of nitrogens with zero attached hydrogens (tertiary/aromatic N) is 1. The van der Waals surface area contributed by atoms with Gasteiger partial charge in [0.1, 0.15) is 0 Å². The van der Waals surface area contributed by atoms with Gasteiger partial charge in [-0.05, 0) is 80.7 Å². The minimum atomic E-state index is -0.425. The van der Waals surface area contributed by atoms with Gasteiger partial charge in [-0.2, -0.15) is 0 Å². The Hall–Kier alpha value is -3.90. The zero-order valence-corrected chi connectivity index (χ0v) is 24.5. The van der Waals surface area contributed by atoms with Crippen LogP contribution in [0.5, 0.6) is 0 Å². The van der Waals surface area contributed by atoms with Gasteiger partial charge in [0.15, 0.2) is 0 Å². The van der Waals surface area contributed by atoms with Gasteiger partial charge in [0, 0.05) is 36.6 Å². The normalized spacial score (nSPS) is 16.4. The zero-order valence-electron chi connectivity index (χ0n) is 23.6. The Morgan fingerprint density at radius 3 is 2.05 bits per heavy atom. The van der Waals surface area contributed by atoms with Gasteiger partial charge >= 0.3 is 7.12 Å². The maximum atomic E-state index is 6.54. The molecule has 0 N–H and O–H groups in total. The second-order valence-electron chi connectivity index (χ2n) is 12.1. The molecule has 1 saturated heterocycles. The Balaban J connectivity index is 1.39. The molecular weight excluding hydrogens is 521 g/mol. The lowest BCUT2D eigenvalue weighted by molar-refractivity contribution is 0.00578. The minimum absolute atomic E-state index is 0.401. The molecule has 0 saturated carbocycles. The third kappa shape index (κ3) is 3.73. The van der Waals surface area contributed by atoms with E-state index in [1.807, 2.05) is 11.3 Å². The van der Waals surface area contributed by atoms with Crippen LogP contribution in [0.1, 0.15) is 27.7 Å². The van der Waals surface area contributed by atoms with Gasteiger partial charge in [0.05, 0.1) is 22.2 Å². The van der Waals surface area contributed by atoms with Crippen LogP contribution in [0.3, 0.4) is 0 Å². The second kappa shape index (κ2) is 8.80. The molecule has 3 heterocycles. The van der Waals surface area contributed by atoms with Crippen molar-refractivity contribution >= 4 is 65.9 Å². The summed E-state index contributed by atoms with van der Waals surface area (Å²) in [6, 6.07) is 39.5. The molecule has 1 aliphatic heterocycles. The fourth-order valence-corrected chi connectivity index (χ4v) is 7.39. The van der Waals surface area contributed by atoms with Crippen LogP contribution < -0.4 is 5.46 Å². The van der Waals surface area contributed by atoms with Gasteiger partial charge in [0.2, 0.25) is 0 Å².